The van der Waals surface area contributed by atoms with Gasteiger partial charge < -0.3 is 9.73 Å². The monoisotopic (exact) mass is 420 g/mol. The summed E-state index contributed by atoms with van der Waals surface area (Å²) in [5.74, 6) is 1.12. The van der Waals surface area contributed by atoms with Gasteiger partial charge in [-0.2, -0.15) is 0 Å². The van der Waals surface area contributed by atoms with Gasteiger partial charge in [0.1, 0.15) is 5.69 Å². The van der Waals surface area contributed by atoms with Crippen LogP contribution in [0, 0.1) is 0 Å². The molecule has 0 aliphatic heterocycles. The normalized spacial score (nSPS) is 15.3. The van der Waals surface area contributed by atoms with Crippen LogP contribution in [-0.4, -0.2) is 22.7 Å². The Morgan fingerprint density at radius 1 is 0.900 bits per heavy atom. The molecular formula is C25H28N2O2S. The molecule has 4 rings (SSSR count). The zero-order valence-electron chi connectivity index (χ0n) is 17.2. The number of carbonyl (C=O) groups excluding carboxylic acids is 1. The lowest BCUT2D eigenvalue weighted by atomic mass is 9.97. The zero-order valence-corrected chi connectivity index (χ0v) is 18.0. The van der Waals surface area contributed by atoms with E-state index in [0.717, 1.165) is 35.4 Å². The minimum Gasteiger partial charge on any atom is -0.431 e. The number of hydrogen-bond acceptors (Lipinski definition) is 4. The van der Waals surface area contributed by atoms with E-state index in [1.807, 2.05) is 60.7 Å². The molecule has 30 heavy (non-hydrogen) atoms. The molecule has 1 saturated carbocycles. The molecule has 0 radical (unpaired) electrons. The second-order valence-electron chi connectivity index (χ2n) is 7.79. The molecule has 1 fully saturated rings. The summed E-state index contributed by atoms with van der Waals surface area (Å²) in [6, 6.07) is 20.3. The summed E-state index contributed by atoms with van der Waals surface area (Å²) < 4.78 is 6.10. The Labute approximate surface area is 182 Å². The van der Waals surface area contributed by atoms with Crippen molar-refractivity contribution < 1.29 is 9.21 Å². The van der Waals surface area contributed by atoms with Crippen LogP contribution in [0.5, 0.6) is 0 Å². The lowest BCUT2D eigenvalue weighted by molar-refractivity contribution is -0.119. The van der Waals surface area contributed by atoms with Gasteiger partial charge in [0.2, 0.25) is 5.91 Å². The number of oxazole rings is 1. The van der Waals surface area contributed by atoms with Crippen LogP contribution in [0.4, 0.5) is 0 Å². The summed E-state index contributed by atoms with van der Waals surface area (Å²) in [6.07, 6.45) is 8.48. The fourth-order valence-electron chi connectivity index (χ4n) is 3.94. The average molecular weight is 421 g/mol. The van der Waals surface area contributed by atoms with E-state index < -0.39 is 0 Å². The number of nitrogens with zero attached hydrogens (tertiary/aromatic N) is 1. The van der Waals surface area contributed by atoms with Gasteiger partial charge in [-0.15, -0.1) is 0 Å². The number of aromatic nitrogens is 1. The summed E-state index contributed by atoms with van der Waals surface area (Å²) >= 11 is 1.36. The molecule has 1 heterocycles. The smallest absolute Gasteiger partial charge is 0.257 e. The van der Waals surface area contributed by atoms with Gasteiger partial charge in [0, 0.05) is 17.2 Å². The highest BCUT2D eigenvalue weighted by Gasteiger charge is 2.19. The molecule has 4 nitrogen and oxygen atoms in total. The van der Waals surface area contributed by atoms with Crippen LogP contribution in [0.25, 0.3) is 22.6 Å². The maximum Gasteiger partial charge on any atom is 0.257 e. The van der Waals surface area contributed by atoms with Crippen molar-refractivity contribution in [2.75, 3.05) is 5.75 Å². The van der Waals surface area contributed by atoms with Crippen molar-refractivity contribution in [3.8, 4) is 22.6 Å². The molecular weight excluding hydrogens is 392 g/mol. The lowest BCUT2D eigenvalue weighted by Gasteiger charge is -2.20. The van der Waals surface area contributed by atoms with E-state index in [4.69, 9.17) is 9.40 Å². The molecule has 1 aromatic heterocycles. The first-order chi connectivity index (χ1) is 14.8. The van der Waals surface area contributed by atoms with E-state index in [-0.39, 0.29) is 5.91 Å². The number of thioether (sulfide) groups is 1. The molecule has 0 saturated heterocycles. The Balaban J connectivity index is 1.45. The van der Waals surface area contributed by atoms with Gasteiger partial charge in [-0.05, 0) is 12.8 Å². The van der Waals surface area contributed by atoms with Gasteiger partial charge in [-0.3, -0.25) is 4.79 Å². The molecule has 1 N–H and O–H groups in total. The zero-order chi connectivity index (χ0) is 20.6. The fourth-order valence-corrected chi connectivity index (χ4v) is 4.57. The standard InChI is InChI=1S/C25H28N2O2S/c28-22(26-21-16-10-2-1-3-11-17-21)18-30-25-27-23(19-12-6-4-7-13-19)24(29-25)20-14-8-5-9-15-20/h4-9,12-15,21H,1-3,10-11,16-18H2,(H,26,28). The largest absolute Gasteiger partial charge is 0.431 e. The van der Waals surface area contributed by atoms with Crippen LogP contribution in [-0.2, 0) is 4.79 Å². The molecule has 2 aromatic carbocycles. The van der Waals surface area contributed by atoms with Crippen molar-refractivity contribution in [3.63, 3.8) is 0 Å². The third kappa shape index (κ3) is 5.54. The van der Waals surface area contributed by atoms with E-state index in [0.29, 0.717) is 17.0 Å². The van der Waals surface area contributed by atoms with E-state index in [9.17, 15) is 4.79 Å². The van der Waals surface area contributed by atoms with E-state index in [1.54, 1.807) is 0 Å². The van der Waals surface area contributed by atoms with Crippen molar-refractivity contribution in [2.24, 2.45) is 0 Å². The van der Waals surface area contributed by atoms with Gasteiger partial charge in [0.05, 0.1) is 5.75 Å². The van der Waals surface area contributed by atoms with E-state index in [1.165, 1.54) is 43.9 Å². The van der Waals surface area contributed by atoms with Crippen molar-refractivity contribution in [3.05, 3.63) is 60.7 Å². The number of carbonyl (C=O) groups is 1. The quantitative estimate of drug-likeness (QED) is 0.473. The number of nitrogens with one attached hydrogen (secondary N) is 1. The van der Waals surface area contributed by atoms with Crippen molar-refractivity contribution in [1.29, 1.82) is 0 Å². The van der Waals surface area contributed by atoms with Crippen molar-refractivity contribution >= 4 is 17.7 Å². The maximum atomic E-state index is 12.5. The predicted molar refractivity (Wildman–Crippen MR) is 122 cm³/mol. The van der Waals surface area contributed by atoms with Crippen LogP contribution in [0.3, 0.4) is 0 Å². The van der Waals surface area contributed by atoms with Crippen molar-refractivity contribution in [2.45, 2.75) is 56.2 Å². The minimum absolute atomic E-state index is 0.0614. The van der Waals surface area contributed by atoms with Crippen LogP contribution >= 0.6 is 11.8 Å². The molecule has 1 aliphatic carbocycles. The first kappa shape index (κ1) is 20.7. The highest BCUT2D eigenvalue weighted by atomic mass is 32.2. The molecule has 1 aliphatic rings. The first-order valence-electron chi connectivity index (χ1n) is 10.8. The number of benzene rings is 2. The Kier molecular flexibility index (Phi) is 7.25. The molecule has 1 amide bonds. The van der Waals surface area contributed by atoms with Gasteiger partial charge in [-0.1, -0.05) is 105 Å². The Morgan fingerprint density at radius 2 is 1.50 bits per heavy atom. The van der Waals surface area contributed by atoms with E-state index in [2.05, 4.69) is 5.32 Å². The molecule has 156 valence electrons. The Hall–Kier alpha value is -2.53. The minimum atomic E-state index is 0.0614. The van der Waals surface area contributed by atoms with Crippen LogP contribution in [0.2, 0.25) is 0 Å². The second-order valence-corrected chi connectivity index (χ2v) is 8.71. The van der Waals surface area contributed by atoms with Gasteiger partial charge >= 0.3 is 0 Å². The van der Waals surface area contributed by atoms with Crippen LogP contribution in [0.15, 0.2) is 70.3 Å². The summed E-state index contributed by atoms with van der Waals surface area (Å²) in [6.45, 7) is 0. The summed E-state index contributed by atoms with van der Waals surface area (Å²) in [4.78, 5) is 17.2. The van der Waals surface area contributed by atoms with Crippen LogP contribution < -0.4 is 5.32 Å². The Morgan fingerprint density at radius 3 is 2.17 bits per heavy atom. The highest BCUT2D eigenvalue weighted by molar-refractivity contribution is 7.99. The molecule has 0 bridgehead atoms. The fraction of sp³-hybridized carbons (Fsp3) is 0.360. The summed E-state index contributed by atoms with van der Waals surface area (Å²) in [7, 11) is 0. The lowest BCUT2D eigenvalue weighted by Crippen LogP contribution is -2.36. The summed E-state index contributed by atoms with van der Waals surface area (Å²) in [5.41, 5.74) is 2.80. The van der Waals surface area contributed by atoms with Crippen molar-refractivity contribution in [1.82, 2.24) is 10.3 Å². The van der Waals surface area contributed by atoms with Gasteiger partial charge in [-0.25, -0.2) is 4.98 Å². The molecule has 0 spiro atoms. The number of hydrogen-bond donors (Lipinski definition) is 1. The average Bonchev–Trinajstić information content (AvgIpc) is 3.20. The first-order valence-corrected chi connectivity index (χ1v) is 11.8. The molecule has 5 heteroatoms. The highest BCUT2D eigenvalue weighted by Crippen LogP contribution is 2.35. The SMILES string of the molecule is O=C(CSc1nc(-c2ccccc2)c(-c2ccccc2)o1)NC1CCCCCCC1. The van der Waals surface area contributed by atoms with Crippen LogP contribution in [0.1, 0.15) is 44.9 Å². The maximum absolute atomic E-state index is 12.5. The molecule has 3 aromatic rings. The Bertz CT molecular complexity index is 875. The number of amides is 1. The predicted octanol–water partition coefficient (Wildman–Crippen LogP) is 6.33. The second kappa shape index (κ2) is 10.5. The summed E-state index contributed by atoms with van der Waals surface area (Å²) in [5, 5.41) is 3.74. The van der Waals surface area contributed by atoms with Gasteiger partial charge in [0.25, 0.3) is 5.22 Å². The molecule has 0 unspecified atom stereocenters. The third-order valence-electron chi connectivity index (χ3n) is 5.49. The topological polar surface area (TPSA) is 55.1 Å². The molecule has 0 atom stereocenters. The third-order valence-corrected chi connectivity index (χ3v) is 6.32. The van der Waals surface area contributed by atoms with E-state index >= 15 is 0 Å². The van der Waals surface area contributed by atoms with Gasteiger partial charge in [0.15, 0.2) is 5.76 Å². The number of rotatable bonds is 6.